The number of thiophene rings is 1. The van der Waals surface area contributed by atoms with Crippen LogP contribution in [0.25, 0.3) is 0 Å². The molecule has 0 radical (unpaired) electrons. The van der Waals surface area contributed by atoms with Crippen LogP contribution in [-0.4, -0.2) is 43.6 Å². The first-order valence-corrected chi connectivity index (χ1v) is 8.79. The van der Waals surface area contributed by atoms with Gasteiger partial charge in [-0.3, -0.25) is 4.90 Å². The Morgan fingerprint density at radius 2 is 1.70 bits per heavy atom. The number of para-hydroxylation sites is 1. The molecule has 0 unspecified atom stereocenters. The first kappa shape index (κ1) is 24.0. The van der Waals surface area contributed by atoms with Gasteiger partial charge in [0, 0.05) is 36.6 Å². The zero-order chi connectivity index (χ0) is 17.9. The van der Waals surface area contributed by atoms with Crippen molar-refractivity contribution in [3.8, 4) is 5.75 Å². The van der Waals surface area contributed by atoms with Crippen LogP contribution in [0.1, 0.15) is 16.5 Å². The second kappa shape index (κ2) is 10.5. The van der Waals surface area contributed by atoms with Crippen LogP contribution < -0.4 is 10.1 Å². The molecule has 0 spiro atoms. The summed E-state index contributed by atoms with van der Waals surface area (Å²) in [6, 6.07) is 9.66. The Kier molecular flexibility index (Phi) is 9.30. The number of ether oxygens (including phenoxy) is 1. The number of halogens is 6. The maximum Gasteiger partial charge on any atom is 0.461 e. The van der Waals surface area contributed by atoms with Crippen LogP contribution in [-0.2, 0) is 0 Å². The van der Waals surface area contributed by atoms with E-state index < -0.39 is 12.5 Å². The van der Waals surface area contributed by atoms with Crippen molar-refractivity contribution in [2.24, 2.45) is 0 Å². The summed E-state index contributed by atoms with van der Waals surface area (Å²) in [4.78, 5) is 3.10. The van der Waals surface area contributed by atoms with Crippen molar-refractivity contribution in [1.29, 1.82) is 0 Å². The molecule has 1 fully saturated rings. The summed E-state index contributed by atoms with van der Waals surface area (Å²) in [7, 11) is 0. The van der Waals surface area contributed by atoms with Crippen LogP contribution in [0.2, 0.25) is 0 Å². The Morgan fingerprint density at radius 1 is 1.04 bits per heavy atom. The van der Waals surface area contributed by atoms with Gasteiger partial charge < -0.3 is 10.1 Å². The van der Waals surface area contributed by atoms with Gasteiger partial charge in [0.25, 0.3) is 0 Å². The molecule has 1 aliphatic rings. The molecule has 0 saturated carbocycles. The minimum absolute atomic E-state index is 0. The van der Waals surface area contributed by atoms with Crippen LogP contribution in [0.15, 0.2) is 41.8 Å². The summed E-state index contributed by atoms with van der Waals surface area (Å²) in [5.41, 5.74) is 0.465. The quantitative estimate of drug-likeness (QED) is 0.643. The van der Waals surface area contributed by atoms with E-state index in [4.69, 9.17) is 0 Å². The van der Waals surface area contributed by atoms with Gasteiger partial charge >= 0.3 is 12.5 Å². The van der Waals surface area contributed by atoms with Crippen LogP contribution in [0.5, 0.6) is 5.75 Å². The Balaban J connectivity index is 0.00000182. The molecule has 0 bridgehead atoms. The van der Waals surface area contributed by atoms with E-state index in [0.29, 0.717) is 5.56 Å². The molecule has 1 atom stereocenters. The predicted octanol–water partition coefficient (Wildman–Crippen LogP) is 4.82. The van der Waals surface area contributed by atoms with Crippen LogP contribution in [0, 0.1) is 0 Å². The van der Waals surface area contributed by atoms with Gasteiger partial charge in [0.15, 0.2) is 0 Å². The summed E-state index contributed by atoms with van der Waals surface area (Å²) >= 11 is 1.50. The number of alkyl halides is 4. The molecule has 10 heteroatoms. The second-order valence-electron chi connectivity index (χ2n) is 5.71. The highest BCUT2D eigenvalue weighted by Crippen LogP contribution is 2.39. The highest BCUT2D eigenvalue weighted by molar-refractivity contribution is 7.10. The SMILES string of the molecule is Cl.Cl.FC(F)C(F)(F)Oc1ccccc1[C@@H](c1cccs1)N1CCNCC1. The van der Waals surface area contributed by atoms with Crippen LogP contribution in [0.4, 0.5) is 17.6 Å². The van der Waals surface area contributed by atoms with Crippen molar-refractivity contribution in [3.05, 3.63) is 52.2 Å². The minimum Gasteiger partial charge on any atom is -0.428 e. The first-order chi connectivity index (χ1) is 12.0. The normalized spacial score (nSPS) is 16.3. The summed E-state index contributed by atoms with van der Waals surface area (Å²) in [5, 5.41) is 5.15. The number of hydrogen-bond acceptors (Lipinski definition) is 4. The minimum atomic E-state index is -4.53. The smallest absolute Gasteiger partial charge is 0.428 e. The van der Waals surface area contributed by atoms with Crippen molar-refractivity contribution in [2.45, 2.75) is 18.6 Å². The van der Waals surface area contributed by atoms with Crippen molar-refractivity contribution in [1.82, 2.24) is 10.2 Å². The van der Waals surface area contributed by atoms with Gasteiger partial charge in [0.05, 0.1) is 6.04 Å². The molecule has 0 amide bonds. The molecule has 1 saturated heterocycles. The number of rotatable bonds is 6. The summed E-state index contributed by atoms with van der Waals surface area (Å²) < 4.78 is 56.5. The Hall–Kier alpha value is -1.06. The van der Waals surface area contributed by atoms with E-state index in [-0.39, 0.29) is 36.6 Å². The molecule has 1 aromatic heterocycles. The number of piperazine rings is 1. The Morgan fingerprint density at radius 3 is 2.30 bits per heavy atom. The predicted molar refractivity (Wildman–Crippen MR) is 103 cm³/mol. The lowest BCUT2D eigenvalue weighted by Crippen LogP contribution is -2.45. The lowest BCUT2D eigenvalue weighted by Gasteiger charge is -2.35. The molecule has 1 aromatic carbocycles. The van der Waals surface area contributed by atoms with E-state index in [0.717, 1.165) is 31.1 Å². The fourth-order valence-electron chi connectivity index (χ4n) is 2.91. The lowest BCUT2D eigenvalue weighted by atomic mass is 10.0. The maximum absolute atomic E-state index is 13.5. The van der Waals surface area contributed by atoms with Gasteiger partial charge in [0.2, 0.25) is 0 Å². The largest absolute Gasteiger partial charge is 0.461 e. The van der Waals surface area contributed by atoms with Crippen LogP contribution in [0.3, 0.4) is 0 Å². The molecule has 27 heavy (non-hydrogen) atoms. The monoisotopic (exact) mass is 446 g/mol. The molecule has 1 aliphatic heterocycles. The van der Waals surface area contributed by atoms with Crippen molar-refractivity contribution in [2.75, 3.05) is 26.2 Å². The highest BCUT2D eigenvalue weighted by atomic mass is 35.5. The third-order valence-electron chi connectivity index (χ3n) is 4.04. The van der Waals surface area contributed by atoms with Crippen molar-refractivity contribution in [3.63, 3.8) is 0 Å². The van der Waals surface area contributed by atoms with E-state index >= 15 is 0 Å². The van der Waals surface area contributed by atoms with E-state index in [1.165, 1.54) is 23.5 Å². The molecule has 2 heterocycles. The lowest BCUT2D eigenvalue weighted by molar-refractivity contribution is -0.253. The fourth-order valence-corrected chi connectivity index (χ4v) is 3.78. The van der Waals surface area contributed by atoms with Crippen molar-refractivity contribution < 1.29 is 22.3 Å². The average molecular weight is 447 g/mol. The van der Waals surface area contributed by atoms with Gasteiger partial charge in [-0.2, -0.15) is 17.6 Å². The van der Waals surface area contributed by atoms with Crippen molar-refractivity contribution >= 4 is 36.2 Å². The Bertz CT molecular complexity index is 685. The standard InChI is InChI=1S/C17H18F4N2OS.2ClH/c18-16(19)17(20,21)24-13-5-2-1-4-12(13)15(14-6-3-11-25-14)23-9-7-22-8-10-23;;/h1-6,11,15-16,22H,7-10H2;2*1H/t15-;;/m0../s1. The average Bonchev–Trinajstić information content (AvgIpc) is 3.11. The van der Waals surface area contributed by atoms with E-state index in [2.05, 4.69) is 15.0 Å². The Labute approximate surface area is 171 Å². The molecular weight excluding hydrogens is 427 g/mol. The number of hydrogen-bond donors (Lipinski definition) is 1. The topological polar surface area (TPSA) is 24.5 Å². The van der Waals surface area contributed by atoms with Gasteiger partial charge in [-0.15, -0.1) is 36.2 Å². The maximum atomic E-state index is 13.5. The van der Waals surface area contributed by atoms with Gasteiger partial charge in [-0.1, -0.05) is 24.3 Å². The first-order valence-electron chi connectivity index (χ1n) is 7.91. The van der Waals surface area contributed by atoms with E-state index in [1.807, 2.05) is 17.5 Å². The zero-order valence-corrected chi connectivity index (χ0v) is 16.6. The summed E-state index contributed by atoms with van der Waals surface area (Å²) in [5.74, 6) is -0.218. The molecule has 2 aromatic rings. The van der Waals surface area contributed by atoms with Gasteiger partial charge in [-0.25, -0.2) is 0 Å². The molecule has 3 rings (SSSR count). The molecule has 3 nitrogen and oxygen atoms in total. The summed E-state index contributed by atoms with van der Waals surface area (Å²) in [6.45, 7) is 3.00. The number of nitrogens with zero attached hydrogens (tertiary/aromatic N) is 1. The second-order valence-corrected chi connectivity index (χ2v) is 6.69. The molecule has 0 aliphatic carbocycles. The third kappa shape index (κ3) is 5.71. The van der Waals surface area contributed by atoms with Gasteiger partial charge in [-0.05, 0) is 17.5 Å². The molecule has 152 valence electrons. The van der Waals surface area contributed by atoms with Crippen LogP contribution >= 0.6 is 36.2 Å². The third-order valence-corrected chi connectivity index (χ3v) is 4.97. The molecular formula is C17H20Cl2F4N2OS. The zero-order valence-electron chi connectivity index (χ0n) is 14.1. The van der Waals surface area contributed by atoms with Gasteiger partial charge in [0.1, 0.15) is 5.75 Å². The molecule has 1 N–H and O–H groups in total. The van der Waals surface area contributed by atoms with E-state index in [9.17, 15) is 17.6 Å². The van der Waals surface area contributed by atoms with E-state index in [1.54, 1.807) is 12.1 Å². The highest BCUT2D eigenvalue weighted by Gasteiger charge is 2.44. The summed E-state index contributed by atoms with van der Waals surface area (Å²) in [6.07, 6.45) is -8.42. The number of benzene rings is 1. The fraction of sp³-hybridized carbons (Fsp3) is 0.412. The number of nitrogens with one attached hydrogen (secondary N) is 1.